The Morgan fingerprint density at radius 1 is 1.00 bits per heavy atom. The van der Waals surface area contributed by atoms with E-state index in [1.165, 1.54) is 6.07 Å². The molecule has 2 amide bonds. The fourth-order valence-corrected chi connectivity index (χ4v) is 4.58. The summed E-state index contributed by atoms with van der Waals surface area (Å²) in [6.07, 6.45) is 1.58. The molecule has 3 rings (SSSR count). The highest BCUT2D eigenvalue weighted by atomic mass is 35.5. The van der Waals surface area contributed by atoms with Crippen LogP contribution in [0.25, 0.3) is 0 Å². The number of amides is 2. The highest BCUT2D eigenvalue weighted by molar-refractivity contribution is 7.89. The zero-order valence-electron chi connectivity index (χ0n) is 14.5. The second-order valence-electron chi connectivity index (χ2n) is 6.32. The molecule has 0 spiro atoms. The minimum absolute atomic E-state index is 0.0369. The lowest BCUT2D eigenvalue weighted by Gasteiger charge is -2.12. The van der Waals surface area contributed by atoms with Gasteiger partial charge in [-0.2, -0.15) is 0 Å². The number of carbonyl (C=O) groups excluding carboxylic acids is 2. The lowest BCUT2D eigenvalue weighted by Crippen LogP contribution is -2.42. The van der Waals surface area contributed by atoms with Gasteiger partial charge in [-0.15, -0.1) is 0 Å². The second kappa shape index (κ2) is 8.48. The van der Waals surface area contributed by atoms with E-state index in [0.717, 1.165) is 24.5 Å². The van der Waals surface area contributed by atoms with Crippen LogP contribution in [0.4, 0.5) is 0 Å². The summed E-state index contributed by atoms with van der Waals surface area (Å²) in [5.41, 5.74) is 5.16. The largest absolute Gasteiger partial charge is 0.273 e. The first kappa shape index (κ1) is 20.6. The number of rotatable bonds is 6. The number of hydrogen-bond donors (Lipinski definition) is 3. The molecule has 0 radical (unpaired) electrons. The minimum atomic E-state index is -3.88. The zero-order chi connectivity index (χ0) is 20.3. The van der Waals surface area contributed by atoms with Crippen LogP contribution in [0.15, 0.2) is 47.4 Å². The Morgan fingerprint density at radius 2 is 1.68 bits per heavy atom. The van der Waals surface area contributed by atoms with Crippen molar-refractivity contribution >= 4 is 45.0 Å². The summed E-state index contributed by atoms with van der Waals surface area (Å²) < 4.78 is 27.3. The maximum atomic E-state index is 12.4. The Balaban J connectivity index is 1.70. The molecule has 3 N–H and O–H groups in total. The first-order valence-corrected chi connectivity index (χ1v) is 10.6. The number of benzene rings is 2. The number of hydrogen-bond acceptors (Lipinski definition) is 4. The summed E-state index contributed by atoms with van der Waals surface area (Å²) in [5.74, 6) is -1.20. The SMILES string of the molecule is O=C(Cc1ccccc1)NNC(=O)c1cc(S(=O)(=O)NC2CC2)c(Cl)cc1Cl. The molecule has 0 saturated heterocycles. The molecule has 0 aliphatic heterocycles. The van der Waals surface area contributed by atoms with E-state index in [9.17, 15) is 18.0 Å². The fourth-order valence-electron chi connectivity index (χ4n) is 2.41. The first-order valence-electron chi connectivity index (χ1n) is 8.41. The molecule has 7 nitrogen and oxygen atoms in total. The Kier molecular flexibility index (Phi) is 6.24. The molecule has 0 atom stereocenters. The van der Waals surface area contributed by atoms with Crippen molar-refractivity contribution in [1.82, 2.24) is 15.6 Å². The average Bonchev–Trinajstić information content (AvgIpc) is 3.43. The molecule has 0 aromatic heterocycles. The molecule has 1 aliphatic carbocycles. The summed E-state index contributed by atoms with van der Waals surface area (Å²) in [5, 5.41) is -0.131. The Morgan fingerprint density at radius 3 is 2.32 bits per heavy atom. The van der Waals surface area contributed by atoms with E-state index in [1.54, 1.807) is 24.3 Å². The molecule has 1 saturated carbocycles. The Labute approximate surface area is 172 Å². The van der Waals surface area contributed by atoms with Crippen molar-refractivity contribution in [1.29, 1.82) is 0 Å². The molecule has 2 aromatic carbocycles. The molecule has 2 aromatic rings. The molecule has 0 bridgehead atoms. The van der Waals surface area contributed by atoms with Gasteiger partial charge in [-0.3, -0.25) is 20.4 Å². The maximum Gasteiger partial charge on any atom is 0.271 e. The molecular weight excluding hydrogens is 425 g/mol. The van der Waals surface area contributed by atoms with E-state index in [2.05, 4.69) is 15.6 Å². The molecule has 0 heterocycles. The number of carbonyl (C=O) groups is 2. The number of halogens is 2. The highest BCUT2D eigenvalue weighted by Gasteiger charge is 2.30. The van der Waals surface area contributed by atoms with Crippen molar-refractivity contribution in [3.63, 3.8) is 0 Å². The van der Waals surface area contributed by atoms with Gasteiger partial charge in [0.05, 0.1) is 22.0 Å². The van der Waals surface area contributed by atoms with Crippen molar-refractivity contribution in [2.75, 3.05) is 0 Å². The first-order chi connectivity index (χ1) is 13.3. The molecule has 148 valence electrons. The van der Waals surface area contributed by atoms with Gasteiger partial charge >= 0.3 is 0 Å². The van der Waals surface area contributed by atoms with Crippen LogP contribution >= 0.6 is 23.2 Å². The van der Waals surface area contributed by atoms with E-state index in [-0.39, 0.29) is 33.0 Å². The lowest BCUT2D eigenvalue weighted by molar-refractivity contribution is -0.121. The standard InChI is InChI=1S/C18H17Cl2N3O4S/c19-14-10-15(20)16(28(26,27)23-12-6-7-12)9-13(14)18(25)22-21-17(24)8-11-4-2-1-3-5-11/h1-5,9-10,12,23H,6-8H2,(H,21,24)(H,22,25). The van der Waals surface area contributed by atoms with Gasteiger partial charge < -0.3 is 0 Å². The summed E-state index contributed by atoms with van der Waals surface area (Å²) in [7, 11) is -3.88. The predicted molar refractivity (Wildman–Crippen MR) is 106 cm³/mol. The van der Waals surface area contributed by atoms with Gasteiger partial charge in [0.1, 0.15) is 4.90 Å². The topological polar surface area (TPSA) is 104 Å². The van der Waals surface area contributed by atoms with Crippen molar-refractivity contribution in [3.8, 4) is 0 Å². The number of hydrazine groups is 1. The van der Waals surface area contributed by atoms with E-state index in [4.69, 9.17) is 23.2 Å². The van der Waals surface area contributed by atoms with Crippen molar-refractivity contribution < 1.29 is 18.0 Å². The van der Waals surface area contributed by atoms with Crippen molar-refractivity contribution in [3.05, 3.63) is 63.6 Å². The molecular formula is C18H17Cl2N3O4S. The van der Waals surface area contributed by atoms with Crippen LogP contribution in [0.5, 0.6) is 0 Å². The van der Waals surface area contributed by atoms with E-state index in [1.807, 2.05) is 6.07 Å². The molecule has 1 aliphatic rings. The normalized spacial score (nSPS) is 13.8. The quantitative estimate of drug-likeness (QED) is 0.598. The van der Waals surface area contributed by atoms with Crippen LogP contribution in [0, 0.1) is 0 Å². The molecule has 0 unspecified atom stereocenters. The third-order valence-corrected chi connectivity index (χ3v) is 6.28. The van der Waals surface area contributed by atoms with Gasteiger partial charge in [-0.25, -0.2) is 13.1 Å². The lowest BCUT2D eigenvalue weighted by atomic mass is 10.1. The monoisotopic (exact) mass is 441 g/mol. The Bertz CT molecular complexity index is 1010. The van der Waals surface area contributed by atoms with Crippen molar-refractivity contribution in [2.45, 2.75) is 30.2 Å². The van der Waals surface area contributed by atoms with E-state index in [0.29, 0.717) is 0 Å². The van der Waals surface area contributed by atoms with Gasteiger partial charge in [0.2, 0.25) is 15.9 Å². The van der Waals surface area contributed by atoms with Crippen LogP contribution in [-0.2, 0) is 21.2 Å². The van der Waals surface area contributed by atoms with Gasteiger partial charge in [0.25, 0.3) is 5.91 Å². The van der Waals surface area contributed by atoms with Gasteiger partial charge in [0.15, 0.2) is 0 Å². The summed E-state index contributed by atoms with van der Waals surface area (Å²) >= 11 is 12.0. The zero-order valence-corrected chi connectivity index (χ0v) is 16.9. The third kappa shape index (κ3) is 5.23. The number of nitrogens with one attached hydrogen (secondary N) is 3. The van der Waals surface area contributed by atoms with Crippen LogP contribution in [0.2, 0.25) is 10.0 Å². The molecule has 10 heteroatoms. The molecule has 28 heavy (non-hydrogen) atoms. The predicted octanol–water partition coefficient (Wildman–Crippen LogP) is 2.44. The maximum absolute atomic E-state index is 12.4. The summed E-state index contributed by atoms with van der Waals surface area (Å²) in [6, 6.07) is 11.1. The minimum Gasteiger partial charge on any atom is -0.273 e. The second-order valence-corrected chi connectivity index (χ2v) is 8.82. The van der Waals surface area contributed by atoms with Crippen molar-refractivity contribution in [2.24, 2.45) is 0 Å². The average molecular weight is 442 g/mol. The van der Waals surface area contributed by atoms with Gasteiger partial charge in [0, 0.05) is 6.04 Å². The van der Waals surface area contributed by atoms with Crippen LogP contribution in [0.1, 0.15) is 28.8 Å². The van der Waals surface area contributed by atoms with Crippen LogP contribution in [0.3, 0.4) is 0 Å². The van der Waals surface area contributed by atoms with Gasteiger partial charge in [-0.05, 0) is 30.5 Å². The van der Waals surface area contributed by atoms with E-state index >= 15 is 0 Å². The van der Waals surface area contributed by atoms with Gasteiger partial charge in [-0.1, -0.05) is 53.5 Å². The smallest absolute Gasteiger partial charge is 0.271 e. The third-order valence-electron chi connectivity index (χ3n) is 3.98. The number of sulfonamides is 1. The Hall–Kier alpha value is -2.13. The summed E-state index contributed by atoms with van der Waals surface area (Å²) in [6.45, 7) is 0. The summed E-state index contributed by atoms with van der Waals surface area (Å²) in [4.78, 5) is 24.1. The fraction of sp³-hybridized carbons (Fsp3) is 0.222. The molecule has 1 fully saturated rings. The van der Waals surface area contributed by atoms with Crippen LogP contribution in [-0.4, -0.2) is 26.3 Å². The van der Waals surface area contributed by atoms with Crippen LogP contribution < -0.4 is 15.6 Å². The highest BCUT2D eigenvalue weighted by Crippen LogP contribution is 2.30. The van der Waals surface area contributed by atoms with E-state index < -0.39 is 21.8 Å².